The van der Waals surface area contributed by atoms with Crippen LogP contribution in [0.2, 0.25) is 0 Å². The van der Waals surface area contributed by atoms with Gasteiger partial charge in [-0.2, -0.15) is 0 Å². The molecule has 0 saturated carbocycles. The first kappa shape index (κ1) is 18.4. The summed E-state index contributed by atoms with van der Waals surface area (Å²) in [6, 6.07) is 22.8. The lowest BCUT2D eigenvalue weighted by Crippen LogP contribution is -2.35. The molecule has 5 heteroatoms. The van der Waals surface area contributed by atoms with Crippen LogP contribution in [0.1, 0.15) is 36.3 Å². The van der Waals surface area contributed by atoms with E-state index in [1.807, 2.05) is 77.7 Å². The standard InChI is InChI=1S/C25H22N2O3/c28-23-11-5-6-16-27(23)18-14-12-17(13-15-18)26-25(29)24-19-7-1-3-9-21(19)30-22-10-4-2-8-20(22)24/h1-4,7-10,12-15,24H,5-6,11,16H2,(H,26,29). The normalized spacial score (nSPS) is 15.7. The molecule has 0 aliphatic carbocycles. The Hall–Kier alpha value is -3.60. The fourth-order valence-corrected chi connectivity index (χ4v) is 4.21. The number of para-hydroxylation sites is 2. The molecule has 0 aromatic heterocycles. The number of ether oxygens (including phenoxy) is 1. The van der Waals surface area contributed by atoms with E-state index in [0.29, 0.717) is 23.6 Å². The fraction of sp³-hybridized carbons (Fsp3) is 0.200. The van der Waals surface area contributed by atoms with E-state index >= 15 is 0 Å². The van der Waals surface area contributed by atoms with Crippen LogP contribution in [-0.4, -0.2) is 18.4 Å². The molecule has 5 rings (SSSR count). The van der Waals surface area contributed by atoms with Crippen molar-refractivity contribution in [2.75, 3.05) is 16.8 Å². The van der Waals surface area contributed by atoms with Crippen LogP contribution < -0.4 is 15.0 Å². The predicted octanol–water partition coefficient (Wildman–Crippen LogP) is 5.08. The lowest BCUT2D eigenvalue weighted by Gasteiger charge is -2.28. The maximum absolute atomic E-state index is 13.3. The van der Waals surface area contributed by atoms with Crippen LogP contribution in [0.15, 0.2) is 72.8 Å². The van der Waals surface area contributed by atoms with Crippen LogP contribution in [-0.2, 0) is 9.59 Å². The molecule has 0 radical (unpaired) electrons. The first-order valence-electron chi connectivity index (χ1n) is 10.3. The number of fused-ring (bicyclic) bond motifs is 2. The highest BCUT2D eigenvalue weighted by Crippen LogP contribution is 2.44. The zero-order valence-electron chi connectivity index (χ0n) is 16.5. The van der Waals surface area contributed by atoms with Gasteiger partial charge in [-0.1, -0.05) is 36.4 Å². The summed E-state index contributed by atoms with van der Waals surface area (Å²) < 4.78 is 5.98. The van der Waals surface area contributed by atoms with Crippen LogP contribution >= 0.6 is 0 Å². The van der Waals surface area contributed by atoms with Crippen molar-refractivity contribution in [1.82, 2.24) is 0 Å². The molecule has 2 heterocycles. The van der Waals surface area contributed by atoms with E-state index in [1.165, 1.54) is 0 Å². The molecule has 2 amide bonds. The second-order valence-corrected chi connectivity index (χ2v) is 7.65. The van der Waals surface area contributed by atoms with Crippen molar-refractivity contribution in [2.24, 2.45) is 0 Å². The summed E-state index contributed by atoms with van der Waals surface area (Å²) in [5.41, 5.74) is 3.28. The summed E-state index contributed by atoms with van der Waals surface area (Å²) in [7, 11) is 0. The van der Waals surface area contributed by atoms with Crippen molar-refractivity contribution in [2.45, 2.75) is 25.2 Å². The van der Waals surface area contributed by atoms with Gasteiger partial charge in [-0.25, -0.2) is 0 Å². The fourth-order valence-electron chi connectivity index (χ4n) is 4.21. The summed E-state index contributed by atoms with van der Waals surface area (Å²) >= 11 is 0. The number of amides is 2. The van der Waals surface area contributed by atoms with Crippen LogP contribution in [0, 0.1) is 0 Å². The summed E-state index contributed by atoms with van der Waals surface area (Å²) in [5, 5.41) is 3.04. The van der Waals surface area contributed by atoms with Gasteiger partial charge < -0.3 is 15.0 Å². The first-order valence-corrected chi connectivity index (χ1v) is 10.3. The van der Waals surface area contributed by atoms with Gasteiger partial charge in [0.05, 0.1) is 5.92 Å². The number of carbonyl (C=O) groups excluding carboxylic acids is 2. The van der Waals surface area contributed by atoms with Gasteiger partial charge in [0.1, 0.15) is 11.5 Å². The van der Waals surface area contributed by atoms with Gasteiger partial charge in [0.2, 0.25) is 11.8 Å². The van der Waals surface area contributed by atoms with Crippen molar-refractivity contribution >= 4 is 23.2 Å². The van der Waals surface area contributed by atoms with Crippen molar-refractivity contribution in [3.05, 3.63) is 83.9 Å². The van der Waals surface area contributed by atoms with Crippen LogP contribution in [0.4, 0.5) is 11.4 Å². The minimum atomic E-state index is -0.450. The highest BCUT2D eigenvalue weighted by molar-refractivity contribution is 6.00. The van der Waals surface area contributed by atoms with Gasteiger partial charge in [-0.05, 0) is 49.2 Å². The van der Waals surface area contributed by atoms with Gasteiger partial charge in [0, 0.05) is 35.5 Å². The first-order chi connectivity index (χ1) is 14.7. The van der Waals surface area contributed by atoms with E-state index in [0.717, 1.165) is 36.2 Å². The lowest BCUT2D eigenvalue weighted by molar-refractivity contribution is -0.119. The molecule has 1 N–H and O–H groups in total. The SMILES string of the molecule is O=C(Nc1ccc(N2CCCCC2=O)cc1)C1c2ccccc2Oc2ccccc21. The Morgan fingerprint density at radius 2 is 1.50 bits per heavy atom. The van der Waals surface area contributed by atoms with Crippen molar-refractivity contribution in [1.29, 1.82) is 0 Å². The van der Waals surface area contributed by atoms with E-state index in [4.69, 9.17) is 4.74 Å². The Morgan fingerprint density at radius 1 is 0.867 bits per heavy atom. The van der Waals surface area contributed by atoms with Crippen molar-refractivity contribution in [3.63, 3.8) is 0 Å². The Kier molecular flexibility index (Phi) is 4.71. The molecule has 3 aromatic carbocycles. The number of anilines is 2. The second kappa shape index (κ2) is 7.67. The highest BCUT2D eigenvalue weighted by atomic mass is 16.5. The number of nitrogens with zero attached hydrogens (tertiary/aromatic N) is 1. The lowest BCUT2D eigenvalue weighted by atomic mass is 9.87. The molecule has 0 atom stereocenters. The summed E-state index contributed by atoms with van der Waals surface area (Å²) in [4.78, 5) is 27.3. The Labute approximate surface area is 175 Å². The third-order valence-electron chi connectivity index (χ3n) is 5.71. The molecular formula is C25H22N2O3. The summed E-state index contributed by atoms with van der Waals surface area (Å²) in [5.74, 6) is 1.01. The molecule has 1 fully saturated rings. The number of carbonyl (C=O) groups is 2. The third-order valence-corrected chi connectivity index (χ3v) is 5.71. The molecule has 0 bridgehead atoms. The average Bonchev–Trinajstić information content (AvgIpc) is 2.78. The van der Waals surface area contributed by atoms with Gasteiger partial charge in [-0.15, -0.1) is 0 Å². The molecule has 2 aliphatic rings. The summed E-state index contributed by atoms with van der Waals surface area (Å²) in [6.45, 7) is 0.750. The second-order valence-electron chi connectivity index (χ2n) is 7.65. The molecule has 3 aromatic rings. The predicted molar refractivity (Wildman–Crippen MR) is 116 cm³/mol. The molecule has 30 heavy (non-hydrogen) atoms. The molecule has 1 saturated heterocycles. The topological polar surface area (TPSA) is 58.6 Å². The molecule has 0 unspecified atom stereocenters. The maximum atomic E-state index is 13.3. The quantitative estimate of drug-likeness (QED) is 0.669. The molecule has 2 aliphatic heterocycles. The number of rotatable bonds is 3. The van der Waals surface area contributed by atoms with Crippen molar-refractivity contribution in [3.8, 4) is 11.5 Å². The van der Waals surface area contributed by atoms with Crippen LogP contribution in [0.3, 0.4) is 0 Å². The molecule has 5 nitrogen and oxygen atoms in total. The van der Waals surface area contributed by atoms with Crippen LogP contribution in [0.5, 0.6) is 11.5 Å². The average molecular weight is 398 g/mol. The van der Waals surface area contributed by atoms with Crippen LogP contribution in [0.25, 0.3) is 0 Å². The highest BCUT2D eigenvalue weighted by Gasteiger charge is 2.32. The van der Waals surface area contributed by atoms with E-state index < -0.39 is 5.92 Å². The van der Waals surface area contributed by atoms with E-state index in [2.05, 4.69) is 5.32 Å². The third kappa shape index (κ3) is 3.32. The zero-order chi connectivity index (χ0) is 20.5. The summed E-state index contributed by atoms with van der Waals surface area (Å²) in [6.07, 6.45) is 2.57. The Bertz CT molecular complexity index is 1060. The minimum absolute atomic E-state index is 0.111. The Balaban J connectivity index is 1.40. The Morgan fingerprint density at radius 3 is 2.13 bits per heavy atom. The zero-order valence-corrected chi connectivity index (χ0v) is 16.5. The van der Waals surface area contributed by atoms with Crippen molar-refractivity contribution < 1.29 is 14.3 Å². The smallest absolute Gasteiger partial charge is 0.236 e. The molecule has 150 valence electrons. The van der Waals surface area contributed by atoms with Gasteiger partial charge in [0.25, 0.3) is 0 Å². The number of hydrogen-bond donors (Lipinski definition) is 1. The van der Waals surface area contributed by atoms with E-state index in [9.17, 15) is 9.59 Å². The largest absolute Gasteiger partial charge is 0.457 e. The van der Waals surface area contributed by atoms with E-state index in [-0.39, 0.29) is 11.8 Å². The van der Waals surface area contributed by atoms with E-state index in [1.54, 1.807) is 0 Å². The number of benzene rings is 3. The minimum Gasteiger partial charge on any atom is -0.457 e. The maximum Gasteiger partial charge on any atom is 0.236 e. The molecular weight excluding hydrogens is 376 g/mol. The monoisotopic (exact) mass is 398 g/mol. The molecule has 0 spiro atoms. The number of hydrogen-bond acceptors (Lipinski definition) is 3. The van der Waals surface area contributed by atoms with Gasteiger partial charge in [-0.3, -0.25) is 9.59 Å². The number of nitrogens with one attached hydrogen (secondary N) is 1. The van der Waals surface area contributed by atoms with Gasteiger partial charge in [0.15, 0.2) is 0 Å². The number of piperidine rings is 1. The van der Waals surface area contributed by atoms with Gasteiger partial charge >= 0.3 is 0 Å².